The molecule has 1 unspecified atom stereocenters. The largest absolute Gasteiger partial charge is 0.314 e. The maximum atomic E-state index is 3.57. The molecule has 1 atom stereocenters. The fraction of sp³-hybridized carbons (Fsp3) is 1.00. The smallest absolute Gasteiger partial charge is 0.0246 e. The lowest BCUT2D eigenvalue weighted by atomic mass is 10.0. The molecule has 0 aromatic rings. The summed E-state index contributed by atoms with van der Waals surface area (Å²) < 4.78 is 0. The van der Waals surface area contributed by atoms with E-state index in [4.69, 9.17) is 0 Å². The van der Waals surface area contributed by atoms with Gasteiger partial charge in [-0.2, -0.15) is 0 Å². The molecule has 14 heavy (non-hydrogen) atoms. The molecule has 0 radical (unpaired) electrons. The van der Waals surface area contributed by atoms with E-state index >= 15 is 0 Å². The van der Waals surface area contributed by atoms with Gasteiger partial charge in [0.1, 0.15) is 0 Å². The van der Waals surface area contributed by atoms with E-state index in [0.717, 1.165) is 6.54 Å². The molecule has 0 aliphatic carbocycles. The Labute approximate surface area is 89.9 Å². The Balaban J connectivity index is 3.48. The second-order valence-electron chi connectivity index (χ2n) is 4.91. The van der Waals surface area contributed by atoms with Gasteiger partial charge >= 0.3 is 0 Å². The molecule has 0 aromatic carbocycles. The lowest BCUT2D eigenvalue weighted by Gasteiger charge is -2.26. The van der Waals surface area contributed by atoms with Gasteiger partial charge in [0.15, 0.2) is 0 Å². The minimum absolute atomic E-state index is 0.207. The lowest BCUT2D eigenvalue weighted by molar-refractivity contribution is 0.362. The zero-order chi connectivity index (χ0) is 11.0. The molecule has 0 bridgehead atoms. The molecule has 0 aromatic heterocycles. The van der Waals surface area contributed by atoms with Crippen LogP contribution in [0.25, 0.3) is 0 Å². The van der Waals surface area contributed by atoms with Crippen LogP contribution < -0.4 is 10.6 Å². The average molecular weight is 200 g/mol. The molecular formula is C12H28N2. The minimum atomic E-state index is 0.207. The van der Waals surface area contributed by atoms with E-state index in [2.05, 4.69) is 38.3 Å². The Morgan fingerprint density at radius 2 is 1.86 bits per heavy atom. The second kappa shape index (κ2) is 7.24. The van der Waals surface area contributed by atoms with Crippen molar-refractivity contribution in [3.8, 4) is 0 Å². The maximum absolute atomic E-state index is 3.57. The van der Waals surface area contributed by atoms with Crippen molar-refractivity contribution < 1.29 is 0 Å². The van der Waals surface area contributed by atoms with E-state index in [9.17, 15) is 0 Å². The topological polar surface area (TPSA) is 24.1 Å². The van der Waals surface area contributed by atoms with Gasteiger partial charge < -0.3 is 10.6 Å². The number of rotatable bonds is 8. The van der Waals surface area contributed by atoms with Gasteiger partial charge in [-0.05, 0) is 34.2 Å². The normalized spacial score (nSPS) is 14.4. The first-order chi connectivity index (χ1) is 6.52. The van der Waals surface area contributed by atoms with Gasteiger partial charge in [-0.3, -0.25) is 0 Å². The van der Waals surface area contributed by atoms with Crippen LogP contribution >= 0.6 is 0 Å². The highest BCUT2D eigenvalue weighted by Crippen LogP contribution is 2.04. The minimum Gasteiger partial charge on any atom is -0.314 e. The van der Waals surface area contributed by atoms with Gasteiger partial charge in [0.2, 0.25) is 0 Å². The van der Waals surface area contributed by atoms with Crippen LogP contribution in [0.1, 0.15) is 53.4 Å². The standard InChI is InChI=1S/C12H28N2/c1-6-7-8-9-11(2)14-10-12(3,4)13-5/h11,13-14H,6-10H2,1-5H3. The molecule has 0 saturated carbocycles. The van der Waals surface area contributed by atoms with Crippen LogP contribution in [-0.4, -0.2) is 25.2 Å². The quantitative estimate of drug-likeness (QED) is 0.588. The third-order valence-electron chi connectivity index (χ3n) is 2.81. The van der Waals surface area contributed by atoms with Crippen LogP contribution in [0.4, 0.5) is 0 Å². The predicted molar refractivity (Wildman–Crippen MR) is 64.7 cm³/mol. The predicted octanol–water partition coefficient (Wildman–Crippen LogP) is 2.54. The van der Waals surface area contributed by atoms with Crippen molar-refractivity contribution in [1.29, 1.82) is 0 Å². The van der Waals surface area contributed by atoms with Crippen molar-refractivity contribution in [2.24, 2.45) is 0 Å². The summed E-state index contributed by atoms with van der Waals surface area (Å²) in [4.78, 5) is 0. The molecule has 0 heterocycles. The van der Waals surface area contributed by atoms with Crippen LogP contribution in [0.2, 0.25) is 0 Å². The molecule has 86 valence electrons. The van der Waals surface area contributed by atoms with Crippen LogP contribution in [-0.2, 0) is 0 Å². The van der Waals surface area contributed by atoms with Crippen LogP contribution in [0.15, 0.2) is 0 Å². The van der Waals surface area contributed by atoms with E-state index in [-0.39, 0.29) is 5.54 Å². The molecule has 0 spiro atoms. The monoisotopic (exact) mass is 200 g/mol. The Kier molecular flexibility index (Phi) is 7.20. The van der Waals surface area contributed by atoms with Crippen molar-refractivity contribution in [3.63, 3.8) is 0 Å². The van der Waals surface area contributed by atoms with E-state index in [1.807, 2.05) is 7.05 Å². The van der Waals surface area contributed by atoms with Crippen molar-refractivity contribution in [3.05, 3.63) is 0 Å². The van der Waals surface area contributed by atoms with E-state index in [1.54, 1.807) is 0 Å². The molecule has 0 aliphatic rings. The van der Waals surface area contributed by atoms with Gasteiger partial charge in [0.25, 0.3) is 0 Å². The van der Waals surface area contributed by atoms with E-state index in [1.165, 1.54) is 25.7 Å². The maximum Gasteiger partial charge on any atom is 0.0246 e. The number of unbranched alkanes of at least 4 members (excludes halogenated alkanes) is 2. The number of nitrogens with one attached hydrogen (secondary N) is 2. The third-order valence-corrected chi connectivity index (χ3v) is 2.81. The molecule has 0 fully saturated rings. The van der Waals surface area contributed by atoms with Gasteiger partial charge in [0.05, 0.1) is 0 Å². The summed E-state index contributed by atoms with van der Waals surface area (Å²) >= 11 is 0. The summed E-state index contributed by atoms with van der Waals surface area (Å²) in [7, 11) is 2.02. The fourth-order valence-electron chi connectivity index (χ4n) is 1.32. The Morgan fingerprint density at radius 3 is 2.36 bits per heavy atom. The Hall–Kier alpha value is -0.0800. The summed E-state index contributed by atoms with van der Waals surface area (Å²) in [6, 6.07) is 0.647. The fourth-order valence-corrected chi connectivity index (χ4v) is 1.32. The van der Waals surface area contributed by atoms with Crippen LogP contribution in [0, 0.1) is 0 Å². The zero-order valence-electron chi connectivity index (χ0n) is 10.6. The third kappa shape index (κ3) is 7.34. The molecule has 0 rings (SSSR count). The van der Waals surface area contributed by atoms with E-state index < -0.39 is 0 Å². The highest BCUT2D eigenvalue weighted by atomic mass is 15.0. The van der Waals surface area contributed by atoms with Crippen molar-refractivity contribution in [1.82, 2.24) is 10.6 Å². The van der Waals surface area contributed by atoms with E-state index in [0.29, 0.717) is 6.04 Å². The van der Waals surface area contributed by atoms with Crippen LogP contribution in [0.5, 0.6) is 0 Å². The molecular weight excluding hydrogens is 172 g/mol. The van der Waals surface area contributed by atoms with Crippen molar-refractivity contribution in [2.45, 2.75) is 65.0 Å². The summed E-state index contributed by atoms with van der Waals surface area (Å²) in [6.45, 7) is 10.0. The molecule has 2 heteroatoms. The Morgan fingerprint density at radius 1 is 1.21 bits per heavy atom. The van der Waals surface area contributed by atoms with Crippen LogP contribution in [0.3, 0.4) is 0 Å². The highest BCUT2D eigenvalue weighted by molar-refractivity contribution is 4.79. The summed E-state index contributed by atoms with van der Waals surface area (Å²) in [5.74, 6) is 0. The van der Waals surface area contributed by atoms with Crippen molar-refractivity contribution >= 4 is 0 Å². The molecule has 2 N–H and O–H groups in total. The second-order valence-corrected chi connectivity index (χ2v) is 4.91. The van der Waals surface area contributed by atoms with Gasteiger partial charge in [0, 0.05) is 18.1 Å². The number of hydrogen-bond acceptors (Lipinski definition) is 2. The SMILES string of the molecule is CCCCCC(C)NCC(C)(C)NC. The molecule has 0 amide bonds. The van der Waals surface area contributed by atoms with Gasteiger partial charge in [-0.1, -0.05) is 26.2 Å². The first kappa shape index (κ1) is 13.9. The molecule has 0 saturated heterocycles. The average Bonchev–Trinajstić information content (AvgIpc) is 2.16. The van der Waals surface area contributed by atoms with Crippen molar-refractivity contribution in [2.75, 3.05) is 13.6 Å². The number of hydrogen-bond donors (Lipinski definition) is 2. The molecule has 0 aliphatic heterocycles. The first-order valence-corrected chi connectivity index (χ1v) is 5.94. The molecule has 2 nitrogen and oxygen atoms in total. The summed E-state index contributed by atoms with van der Waals surface area (Å²) in [6.07, 6.45) is 5.33. The Bertz CT molecular complexity index is 132. The summed E-state index contributed by atoms with van der Waals surface area (Å²) in [5.41, 5.74) is 0.207. The highest BCUT2D eigenvalue weighted by Gasteiger charge is 2.14. The lowest BCUT2D eigenvalue weighted by Crippen LogP contribution is -2.47. The summed E-state index contributed by atoms with van der Waals surface area (Å²) in [5, 5.41) is 6.87. The number of likely N-dealkylation sites (N-methyl/N-ethyl adjacent to an activating group) is 1. The van der Waals surface area contributed by atoms with Gasteiger partial charge in [-0.25, -0.2) is 0 Å². The van der Waals surface area contributed by atoms with Gasteiger partial charge in [-0.15, -0.1) is 0 Å². The first-order valence-electron chi connectivity index (χ1n) is 5.94. The zero-order valence-corrected chi connectivity index (χ0v) is 10.6.